The molecule has 4 aromatic rings. The summed E-state index contributed by atoms with van der Waals surface area (Å²) in [6, 6.07) is 11.3. The third kappa shape index (κ3) is 7.38. The fourth-order valence-corrected chi connectivity index (χ4v) is 6.94. The van der Waals surface area contributed by atoms with Crippen molar-refractivity contribution in [1.29, 1.82) is 0 Å². The van der Waals surface area contributed by atoms with Gasteiger partial charge in [0.2, 0.25) is 0 Å². The average Bonchev–Trinajstić information content (AvgIpc) is 3.56. The Hall–Kier alpha value is -3.39. The molecular weight excluding hydrogens is 654 g/mol. The lowest BCUT2D eigenvalue weighted by atomic mass is 9.99. The number of aryl methyl sites for hydroxylation is 1. The summed E-state index contributed by atoms with van der Waals surface area (Å²) in [5.41, 5.74) is -1.57. The van der Waals surface area contributed by atoms with Crippen molar-refractivity contribution in [2.75, 3.05) is 31.5 Å². The van der Waals surface area contributed by atoms with Crippen molar-refractivity contribution >= 4 is 53.1 Å². The number of hydrogen-bond acceptors (Lipinski definition) is 11. The number of nitrogens with one attached hydrogen (secondary N) is 2. The maximum Gasteiger partial charge on any atom is 0.459 e. The topological polar surface area (TPSA) is 159 Å². The lowest BCUT2D eigenvalue weighted by Gasteiger charge is -2.32. The van der Waals surface area contributed by atoms with E-state index >= 15 is 4.39 Å². The molecule has 1 aliphatic heterocycles. The molecule has 3 heterocycles. The van der Waals surface area contributed by atoms with Crippen molar-refractivity contribution < 1.29 is 37.4 Å². The SMILES string of the molecule is CNc1nc(C)nc2c1ncn2[C@@H]1O[C@](CCl)(COP(=O)(N[C@@H](C)C(=O)OCC(C)(C)C)Oc2cccc3ccccc23)[C@@H](O)[C@H]1F. The first-order valence-corrected chi connectivity index (χ1v) is 17.1. The number of carbonyl (C=O) groups excluding carboxylic acids is 1. The van der Waals surface area contributed by atoms with E-state index in [-0.39, 0.29) is 23.4 Å². The van der Waals surface area contributed by atoms with Crippen LogP contribution in [0.5, 0.6) is 5.75 Å². The number of aliphatic hydroxyl groups is 1. The fraction of sp³-hybridized carbons (Fsp3) is 0.484. The highest BCUT2D eigenvalue weighted by Gasteiger charge is 2.57. The summed E-state index contributed by atoms with van der Waals surface area (Å²) in [6.45, 7) is 8.26. The largest absolute Gasteiger partial charge is 0.464 e. The van der Waals surface area contributed by atoms with Gasteiger partial charge < -0.3 is 24.4 Å². The molecule has 16 heteroatoms. The highest BCUT2D eigenvalue weighted by molar-refractivity contribution is 7.52. The second-order valence-corrected chi connectivity index (χ2v) is 14.6. The Kier molecular flexibility index (Phi) is 10.1. The summed E-state index contributed by atoms with van der Waals surface area (Å²) < 4.78 is 55.1. The number of alkyl halides is 2. The highest BCUT2D eigenvalue weighted by atomic mass is 35.5. The summed E-state index contributed by atoms with van der Waals surface area (Å²) in [7, 11) is -2.81. The Labute approximate surface area is 276 Å². The van der Waals surface area contributed by atoms with E-state index in [1.165, 1.54) is 17.8 Å². The molecule has 0 radical (unpaired) electrons. The van der Waals surface area contributed by atoms with Crippen LogP contribution in [0.2, 0.25) is 0 Å². The minimum Gasteiger partial charge on any atom is -0.464 e. The van der Waals surface area contributed by atoms with Crippen LogP contribution >= 0.6 is 19.3 Å². The van der Waals surface area contributed by atoms with Crippen LogP contribution in [0.25, 0.3) is 21.9 Å². The summed E-state index contributed by atoms with van der Waals surface area (Å²) in [6.07, 6.45) is -3.93. The van der Waals surface area contributed by atoms with Crippen LogP contribution in [0.15, 0.2) is 48.8 Å². The van der Waals surface area contributed by atoms with E-state index in [4.69, 9.17) is 30.1 Å². The quantitative estimate of drug-likeness (QED) is 0.100. The second-order valence-electron chi connectivity index (χ2n) is 12.6. The smallest absolute Gasteiger partial charge is 0.459 e. The van der Waals surface area contributed by atoms with E-state index in [2.05, 4.69) is 25.4 Å². The van der Waals surface area contributed by atoms with Gasteiger partial charge in [-0.05, 0) is 30.7 Å². The first-order valence-electron chi connectivity index (χ1n) is 15.0. The van der Waals surface area contributed by atoms with Gasteiger partial charge in [-0.25, -0.2) is 23.9 Å². The van der Waals surface area contributed by atoms with Gasteiger partial charge in [0, 0.05) is 12.4 Å². The second kappa shape index (κ2) is 13.6. The van der Waals surface area contributed by atoms with Gasteiger partial charge in [0.25, 0.3) is 0 Å². The molecule has 254 valence electrons. The van der Waals surface area contributed by atoms with Gasteiger partial charge in [-0.1, -0.05) is 57.2 Å². The Morgan fingerprint density at radius 2 is 1.96 bits per heavy atom. The molecule has 1 saturated heterocycles. The monoisotopic (exact) mass is 692 g/mol. The van der Waals surface area contributed by atoms with Crippen LogP contribution in [-0.4, -0.2) is 80.7 Å². The van der Waals surface area contributed by atoms with E-state index in [1.807, 2.05) is 39.0 Å². The van der Waals surface area contributed by atoms with Gasteiger partial charge in [-0.15, -0.1) is 11.6 Å². The molecule has 0 saturated carbocycles. The fourth-order valence-electron chi connectivity index (χ4n) is 5.08. The zero-order valence-electron chi connectivity index (χ0n) is 26.9. The van der Waals surface area contributed by atoms with Gasteiger partial charge in [0.15, 0.2) is 29.4 Å². The zero-order valence-corrected chi connectivity index (χ0v) is 28.6. The van der Waals surface area contributed by atoms with Crippen LogP contribution in [0.4, 0.5) is 10.2 Å². The predicted molar refractivity (Wildman–Crippen MR) is 175 cm³/mol. The normalized spacial score (nSPS) is 23.5. The van der Waals surface area contributed by atoms with Crippen molar-refractivity contribution in [1.82, 2.24) is 24.6 Å². The predicted octanol–water partition coefficient (Wildman–Crippen LogP) is 5.31. The van der Waals surface area contributed by atoms with E-state index in [0.717, 1.165) is 5.39 Å². The molecule has 6 atom stereocenters. The molecule has 0 aliphatic carbocycles. The number of ether oxygens (including phenoxy) is 2. The maximum atomic E-state index is 15.9. The molecule has 1 fully saturated rings. The molecule has 1 aliphatic rings. The van der Waals surface area contributed by atoms with Crippen molar-refractivity contribution in [3.05, 3.63) is 54.6 Å². The average molecular weight is 693 g/mol. The van der Waals surface area contributed by atoms with E-state index < -0.39 is 56.3 Å². The van der Waals surface area contributed by atoms with Gasteiger partial charge in [-0.3, -0.25) is 13.9 Å². The standard InChI is InChI=1S/C31H39ClFN6O7P/c1-18(29(41)43-15-30(3,4)5)38-47(42,46-22-13-9-11-20-10-7-8-12-21(20)22)44-16-31(14-32)25(40)23(33)28(45-31)39-17-35-24-26(34-6)36-19(2)37-27(24)39/h7-13,17-18,23,25,28,40H,14-16H2,1-6H3,(H,38,42)(H,34,36,37)/t18-,23+,25-,28+,31+,47?/m0/s1. The molecule has 2 aromatic heterocycles. The third-order valence-corrected chi connectivity index (χ3v) is 9.60. The summed E-state index contributed by atoms with van der Waals surface area (Å²) in [5, 5.41) is 18.2. The lowest BCUT2D eigenvalue weighted by Crippen LogP contribution is -2.48. The van der Waals surface area contributed by atoms with Crippen LogP contribution in [-0.2, 0) is 23.4 Å². The third-order valence-electron chi connectivity index (χ3n) is 7.54. The highest BCUT2D eigenvalue weighted by Crippen LogP contribution is 2.50. The lowest BCUT2D eigenvalue weighted by molar-refractivity contribution is -0.148. The molecular formula is C31H39ClFN6O7P. The minimum absolute atomic E-state index is 0.116. The number of nitrogens with zero attached hydrogens (tertiary/aromatic N) is 4. The molecule has 2 aromatic carbocycles. The Bertz CT molecular complexity index is 1800. The van der Waals surface area contributed by atoms with Gasteiger partial charge in [0.1, 0.15) is 29.3 Å². The molecule has 47 heavy (non-hydrogen) atoms. The van der Waals surface area contributed by atoms with Crippen molar-refractivity contribution in [2.24, 2.45) is 5.41 Å². The number of aliphatic hydroxyl groups excluding tert-OH is 1. The van der Waals surface area contributed by atoms with Crippen molar-refractivity contribution in [3.63, 3.8) is 0 Å². The molecule has 3 N–H and O–H groups in total. The number of imidazole rings is 1. The molecule has 0 amide bonds. The summed E-state index contributed by atoms with van der Waals surface area (Å²) in [4.78, 5) is 25.9. The van der Waals surface area contributed by atoms with E-state index in [0.29, 0.717) is 22.5 Å². The van der Waals surface area contributed by atoms with Crippen LogP contribution < -0.4 is 14.9 Å². The Balaban J connectivity index is 1.44. The summed E-state index contributed by atoms with van der Waals surface area (Å²) in [5.74, 6) is -0.116. The molecule has 0 spiro atoms. The number of fused-ring (bicyclic) bond motifs is 2. The number of benzene rings is 2. The molecule has 13 nitrogen and oxygen atoms in total. The van der Waals surface area contributed by atoms with Crippen molar-refractivity contribution in [2.45, 2.75) is 64.8 Å². The van der Waals surface area contributed by atoms with Gasteiger partial charge in [0.05, 0.1) is 25.4 Å². The van der Waals surface area contributed by atoms with Crippen LogP contribution in [0.3, 0.4) is 0 Å². The number of hydrogen-bond donors (Lipinski definition) is 3. The number of carbonyl (C=O) groups is 1. The molecule has 5 rings (SSSR count). The zero-order chi connectivity index (χ0) is 34.1. The number of anilines is 1. The number of aromatic nitrogens is 4. The van der Waals surface area contributed by atoms with E-state index in [1.54, 1.807) is 38.2 Å². The maximum absolute atomic E-state index is 15.9. The number of rotatable bonds is 12. The van der Waals surface area contributed by atoms with E-state index in [9.17, 15) is 14.5 Å². The van der Waals surface area contributed by atoms with Crippen LogP contribution in [0, 0.1) is 12.3 Å². The number of halogens is 2. The minimum atomic E-state index is -4.48. The first-order chi connectivity index (χ1) is 22.2. The first kappa shape index (κ1) is 34.9. The Morgan fingerprint density at radius 1 is 1.23 bits per heavy atom. The van der Waals surface area contributed by atoms with Crippen molar-refractivity contribution in [3.8, 4) is 5.75 Å². The van der Waals surface area contributed by atoms with Crippen LogP contribution in [0.1, 0.15) is 39.7 Å². The summed E-state index contributed by atoms with van der Waals surface area (Å²) >= 11 is 6.33. The van der Waals surface area contributed by atoms with Gasteiger partial charge in [-0.2, -0.15) is 5.09 Å². The molecule has 0 bridgehead atoms. The van der Waals surface area contributed by atoms with Gasteiger partial charge >= 0.3 is 13.7 Å². The Morgan fingerprint density at radius 3 is 2.66 bits per heavy atom. The molecule has 1 unspecified atom stereocenters. The number of esters is 1.